The lowest BCUT2D eigenvalue weighted by Gasteiger charge is -2.27. The summed E-state index contributed by atoms with van der Waals surface area (Å²) in [5.41, 5.74) is 5.86. The number of halogens is 1. The monoisotopic (exact) mass is 158 g/mol. The molecule has 1 heterocycles. The van der Waals surface area contributed by atoms with Gasteiger partial charge in [-0.05, 0) is 18.9 Å². The van der Waals surface area contributed by atoms with Crippen molar-refractivity contribution in [1.29, 1.82) is 0 Å². The zero-order valence-corrected chi connectivity index (χ0v) is 6.83. The van der Waals surface area contributed by atoms with Crippen molar-refractivity contribution in [2.24, 2.45) is 11.7 Å². The summed E-state index contributed by atoms with van der Waals surface area (Å²) in [6.07, 6.45) is 0.0335. The van der Waals surface area contributed by atoms with Gasteiger partial charge in [-0.15, -0.1) is 0 Å². The SMILES string of the molecule is CCN1C[C@H]2CC(F)[C@@H]1[C@@H]2N. The first-order valence-electron chi connectivity index (χ1n) is 4.37. The maximum absolute atomic E-state index is 13.2. The maximum Gasteiger partial charge on any atom is 0.117 e. The number of nitrogens with two attached hydrogens (primary N) is 1. The van der Waals surface area contributed by atoms with Crippen LogP contribution < -0.4 is 5.73 Å². The first kappa shape index (κ1) is 7.50. The lowest BCUT2D eigenvalue weighted by Crippen LogP contribution is -2.43. The number of fused-ring (bicyclic) bond motifs is 2. The van der Waals surface area contributed by atoms with Crippen LogP contribution in [0.3, 0.4) is 0 Å². The van der Waals surface area contributed by atoms with Gasteiger partial charge in [-0.3, -0.25) is 4.90 Å². The van der Waals surface area contributed by atoms with Gasteiger partial charge in [0.2, 0.25) is 0 Å². The molecule has 1 aliphatic heterocycles. The number of piperidine rings is 1. The Balaban J connectivity index is 2.13. The van der Waals surface area contributed by atoms with Crippen LogP contribution in [0.4, 0.5) is 4.39 Å². The zero-order chi connectivity index (χ0) is 8.01. The van der Waals surface area contributed by atoms with Crippen molar-refractivity contribution in [3.05, 3.63) is 0 Å². The van der Waals surface area contributed by atoms with E-state index in [1.54, 1.807) is 0 Å². The molecule has 2 N–H and O–H groups in total. The molecule has 4 atom stereocenters. The first-order chi connectivity index (χ1) is 5.24. The number of likely N-dealkylation sites (tertiary alicyclic amines) is 1. The molecular weight excluding hydrogens is 143 g/mol. The molecule has 1 saturated carbocycles. The molecule has 64 valence electrons. The molecule has 3 heteroatoms. The summed E-state index contributed by atoms with van der Waals surface area (Å²) in [6, 6.07) is 0.134. The molecule has 0 spiro atoms. The Hall–Kier alpha value is -0.150. The van der Waals surface area contributed by atoms with Crippen molar-refractivity contribution in [2.75, 3.05) is 13.1 Å². The Morgan fingerprint density at radius 2 is 2.36 bits per heavy atom. The fourth-order valence-electron chi connectivity index (χ4n) is 2.54. The number of nitrogens with zero attached hydrogens (tertiary/aromatic N) is 1. The predicted molar refractivity (Wildman–Crippen MR) is 42.0 cm³/mol. The van der Waals surface area contributed by atoms with Gasteiger partial charge in [0.15, 0.2) is 0 Å². The van der Waals surface area contributed by atoms with E-state index in [1.807, 2.05) is 0 Å². The number of alkyl halides is 1. The largest absolute Gasteiger partial charge is 0.326 e. The smallest absolute Gasteiger partial charge is 0.117 e. The van der Waals surface area contributed by atoms with Crippen LogP contribution in [0.15, 0.2) is 0 Å². The lowest BCUT2D eigenvalue weighted by molar-refractivity contribution is 0.126. The molecular formula is C8H15FN2. The molecule has 2 nitrogen and oxygen atoms in total. The van der Waals surface area contributed by atoms with E-state index in [0.717, 1.165) is 13.1 Å². The molecule has 2 rings (SSSR count). The lowest BCUT2D eigenvalue weighted by atomic mass is 10.1. The van der Waals surface area contributed by atoms with E-state index in [4.69, 9.17) is 5.73 Å². The summed E-state index contributed by atoms with van der Waals surface area (Å²) in [6.45, 7) is 4.03. The van der Waals surface area contributed by atoms with Gasteiger partial charge in [-0.25, -0.2) is 4.39 Å². The van der Waals surface area contributed by atoms with Crippen molar-refractivity contribution >= 4 is 0 Å². The van der Waals surface area contributed by atoms with E-state index in [-0.39, 0.29) is 12.1 Å². The van der Waals surface area contributed by atoms with Crippen molar-refractivity contribution in [3.63, 3.8) is 0 Å². The van der Waals surface area contributed by atoms with Gasteiger partial charge in [-0.2, -0.15) is 0 Å². The Morgan fingerprint density at radius 1 is 1.64 bits per heavy atom. The minimum Gasteiger partial charge on any atom is -0.326 e. The molecule has 2 aliphatic rings. The first-order valence-corrected chi connectivity index (χ1v) is 4.37. The fraction of sp³-hybridized carbons (Fsp3) is 1.00. The van der Waals surface area contributed by atoms with Gasteiger partial charge in [0, 0.05) is 12.6 Å². The average Bonchev–Trinajstić information content (AvgIpc) is 2.42. The number of likely N-dealkylation sites (N-methyl/N-ethyl adjacent to an activating group) is 1. The topological polar surface area (TPSA) is 29.3 Å². The van der Waals surface area contributed by atoms with Crippen LogP contribution in [0, 0.1) is 5.92 Å². The Bertz CT molecular complexity index is 162. The molecule has 0 aromatic heterocycles. The van der Waals surface area contributed by atoms with Crippen molar-refractivity contribution in [3.8, 4) is 0 Å². The summed E-state index contributed by atoms with van der Waals surface area (Å²) in [5.74, 6) is 0.426. The predicted octanol–water partition coefficient (Wildman–Crippen LogP) is 0.376. The van der Waals surface area contributed by atoms with E-state index in [1.165, 1.54) is 0 Å². The van der Waals surface area contributed by atoms with Crippen LogP contribution in [0.1, 0.15) is 13.3 Å². The third kappa shape index (κ3) is 0.908. The van der Waals surface area contributed by atoms with E-state index in [9.17, 15) is 4.39 Å². The quantitative estimate of drug-likeness (QED) is 0.597. The van der Waals surface area contributed by atoms with Gasteiger partial charge in [-0.1, -0.05) is 6.92 Å². The van der Waals surface area contributed by atoms with Crippen molar-refractivity contribution < 1.29 is 4.39 Å². The highest BCUT2D eigenvalue weighted by Crippen LogP contribution is 2.38. The summed E-state index contributed by atoms with van der Waals surface area (Å²) in [5, 5.41) is 0. The van der Waals surface area contributed by atoms with Crippen molar-refractivity contribution in [2.45, 2.75) is 31.6 Å². The number of hydrogen-bond acceptors (Lipinski definition) is 2. The van der Waals surface area contributed by atoms with Gasteiger partial charge in [0.05, 0.1) is 6.04 Å². The minimum atomic E-state index is -0.663. The summed E-state index contributed by atoms with van der Waals surface area (Å²) < 4.78 is 13.2. The Morgan fingerprint density at radius 3 is 2.73 bits per heavy atom. The molecule has 2 fully saturated rings. The van der Waals surface area contributed by atoms with E-state index < -0.39 is 6.17 Å². The van der Waals surface area contributed by atoms with Crippen LogP contribution in [-0.2, 0) is 0 Å². The van der Waals surface area contributed by atoms with Crippen LogP contribution in [0.2, 0.25) is 0 Å². The summed E-state index contributed by atoms with van der Waals surface area (Å²) in [4.78, 5) is 2.17. The highest BCUT2D eigenvalue weighted by molar-refractivity contribution is 5.06. The molecule has 0 aromatic carbocycles. The van der Waals surface area contributed by atoms with Crippen molar-refractivity contribution in [1.82, 2.24) is 4.90 Å². The Labute approximate surface area is 66.5 Å². The highest BCUT2D eigenvalue weighted by Gasteiger charge is 2.50. The molecule has 2 bridgehead atoms. The van der Waals surface area contributed by atoms with Crippen LogP contribution >= 0.6 is 0 Å². The third-order valence-corrected chi connectivity index (χ3v) is 3.13. The van der Waals surface area contributed by atoms with E-state index in [0.29, 0.717) is 12.3 Å². The number of hydrogen-bond donors (Lipinski definition) is 1. The van der Waals surface area contributed by atoms with Gasteiger partial charge in [0.1, 0.15) is 6.17 Å². The normalized spacial score (nSPS) is 50.5. The second-order valence-corrected chi connectivity index (χ2v) is 3.67. The van der Waals surface area contributed by atoms with E-state index in [2.05, 4.69) is 11.8 Å². The second kappa shape index (κ2) is 2.42. The molecule has 11 heavy (non-hydrogen) atoms. The Kier molecular flexibility index (Phi) is 1.65. The summed E-state index contributed by atoms with van der Waals surface area (Å²) >= 11 is 0. The van der Waals surface area contributed by atoms with Crippen LogP contribution in [-0.4, -0.2) is 36.2 Å². The van der Waals surface area contributed by atoms with Gasteiger partial charge >= 0.3 is 0 Å². The second-order valence-electron chi connectivity index (χ2n) is 3.67. The minimum absolute atomic E-state index is 0.0324. The standard InChI is InChI=1S/C8H15FN2/c1-2-11-4-5-3-6(9)8(11)7(5)10/h5-8H,2-4,10H2,1H3/t5-,6?,7-,8-/m1/s1. The maximum atomic E-state index is 13.2. The molecule has 1 saturated heterocycles. The zero-order valence-electron chi connectivity index (χ0n) is 6.83. The molecule has 1 aliphatic carbocycles. The van der Waals surface area contributed by atoms with Gasteiger partial charge in [0.25, 0.3) is 0 Å². The van der Waals surface area contributed by atoms with Crippen LogP contribution in [0.5, 0.6) is 0 Å². The molecule has 0 aromatic rings. The number of rotatable bonds is 1. The molecule has 0 amide bonds. The highest BCUT2D eigenvalue weighted by atomic mass is 19.1. The third-order valence-electron chi connectivity index (χ3n) is 3.13. The average molecular weight is 158 g/mol. The molecule has 1 unspecified atom stereocenters. The summed E-state index contributed by atoms with van der Waals surface area (Å²) in [7, 11) is 0. The fourth-order valence-corrected chi connectivity index (χ4v) is 2.54. The van der Waals surface area contributed by atoms with Crippen LogP contribution in [0.25, 0.3) is 0 Å². The molecule has 0 radical (unpaired) electrons. The van der Waals surface area contributed by atoms with Gasteiger partial charge < -0.3 is 5.73 Å². The van der Waals surface area contributed by atoms with E-state index >= 15 is 0 Å².